The van der Waals surface area contributed by atoms with E-state index in [1.165, 1.54) is 0 Å². The van der Waals surface area contributed by atoms with Crippen LogP contribution in [0.4, 0.5) is 5.69 Å². The van der Waals surface area contributed by atoms with E-state index in [0.717, 1.165) is 5.56 Å². The second-order valence-electron chi connectivity index (χ2n) is 7.35. The average Bonchev–Trinajstić information content (AvgIpc) is 3.37. The summed E-state index contributed by atoms with van der Waals surface area (Å²) in [5.74, 6) is 0.297. The summed E-state index contributed by atoms with van der Waals surface area (Å²) in [7, 11) is 0. The smallest absolute Gasteiger partial charge is 0.252 e. The normalized spacial score (nSPS) is 16.1. The highest BCUT2D eigenvalue weighted by Gasteiger charge is 2.43. The molecule has 31 heavy (non-hydrogen) atoms. The number of para-hydroxylation sites is 1. The van der Waals surface area contributed by atoms with Crippen molar-refractivity contribution >= 4 is 34.8 Å². The molecule has 1 N–H and O–H groups in total. The Labute approximate surface area is 186 Å². The summed E-state index contributed by atoms with van der Waals surface area (Å²) in [6.07, 6.45) is 2.28. The molecule has 1 aliphatic rings. The van der Waals surface area contributed by atoms with Crippen LogP contribution in [0.5, 0.6) is 0 Å². The van der Waals surface area contributed by atoms with E-state index < -0.39 is 6.04 Å². The molecule has 1 aliphatic heterocycles. The Kier molecular flexibility index (Phi) is 6.43. The quantitative estimate of drug-likeness (QED) is 0.547. The van der Waals surface area contributed by atoms with Gasteiger partial charge in [-0.2, -0.15) is 0 Å². The fourth-order valence-electron chi connectivity index (χ4n) is 3.64. The minimum Gasteiger partial charge on any atom is -0.467 e. The number of furan rings is 1. The number of hydrogen-bond donors (Lipinski definition) is 1. The minimum atomic E-state index is -0.669. The lowest BCUT2D eigenvalue weighted by atomic mass is 10.1. The number of amides is 2. The summed E-state index contributed by atoms with van der Waals surface area (Å²) in [5.41, 5.74) is 1.82. The maximum atomic E-state index is 13.3. The summed E-state index contributed by atoms with van der Waals surface area (Å²) in [4.78, 5) is 29.3. The molecule has 0 aliphatic carbocycles. The van der Waals surface area contributed by atoms with E-state index in [1.807, 2.05) is 66.7 Å². The molecule has 0 saturated carbocycles. The molecule has 2 heterocycles. The standard InChI is InChI=1S/C24H23N3O3S/c28-22(25-19-10-5-2-6-11-19)16-21-23(29)26(14-13-18-8-3-1-4-9-18)24(31)27(21)17-20-12-7-15-30-20/h1-12,15,21H,13-14,16-17H2,(H,25,28)/t21-/m1/s1. The Balaban J connectivity index is 1.49. The van der Waals surface area contributed by atoms with Crippen LogP contribution in [-0.4, -0.2) is 39.3 Å². The van der Waals surface area contributed by atoms with E-state index in [0.29, 0.717) is 36.1 Å². The van der Waals surface area contributed by atoms with Crippen molar-refractivity contribution in [2.45, 2.75) is 25.4 Å². The number of carbonyl (C=O) groups excluding carboxylic acids is 2. The number of rotatable bonds is 8. The highest BCUT2D eigenvalue weighted by molar-refractivity contribution is 7.80. The Morgan fingerprint density at radius 2 is 1.71 bits per heavy atom. The van der Waals surface area contributed by atoms with Gasteiger partial charge in [0.05, 0.1) is 19.2 Å². The van der Waals surface area contributed by atoms with E-state index in [2.05, 4.69) is 5.32 Å². The van der Waals surface area contributed by atoms with E-state index >= 15 is 0 Å². The van der Waals surface area contributed by atoms with Gasteiger partial charge in [0.1, 0.15) is 11.8 Å². The molecule has 2 aromatic carbocycles. The van der Waals surface area contributed by atoms with Crippen molar-refractivity contribution in [1.82, 2.24) is 9.80 Å². The van der Waals surface area contributed by atoms with Crippen LogP contribution in [-0.2, 0) is 22.6 Å². The van der Waals surface area contributed by atoms with Gasteiger partial charge < -0.3 is 14.6 Å². The van der Waals surface area contributed by atoms with Crippen LogP contribution in [0.3, 0.4) is 0 Å². The minimum absolute atomic E-state index is 0.0103. The maximum absolute atomic E-state index is 13.3. The molecule has 0 bridgehead atoms. The number of thiocarbonyl (C=S) groups is 1. The first-order valence-electron chi connectivity index (χ1n) is 10.1. The SMILES string of the molecule is O=C(C[C@@H]1C(=O)N(CCc2ccccc2)C(=S)N1Cc1ccco1)Nc1ccccc1. The van der Waals surface area contributed by atoms with Crippen molar-refractivity contribution in [2.24, 2.45) is 0 Å². The van der Waals surface area contributed by atoms with Gasteiger partial charge >= 0.3 is 0 Å². The Morgan fingerprint density at radius 1 is 1.00 bits per heavy atom. The van der Waals surface area contributed by atoms with Crippen LogP contribution in [0.25, 0.3) is 0 Å². The summed E-state index contributed by atoms with van der Waals surface area (Å²) < 4.78 is 5.46. The monoisotopic (exact) mass is 433 g/mol. The molecule has 7 heteroatoms. The van der Waals surface area contributed by atoms with Gasteiger partial charge in [-0.1, -0.05) is 48.5 Å². The van der Waals surface area contributed by atoms with E-state index in [9.17, 15) is 9.59 Å². The van der Waals surface area contributed by atoms with Gasteiger partial charge in [0.2, 0.25) is 5.91 Å². The first kappa shape index (κ1) is 20.8. The van der Waals surface area contributed by atoms with Crippen molar-refractivity contribution < 1.29 is 14.0 Å². The summed E-state index contributed by atoms with van der Waals surface area (Å²) in [6, 6.07) is 22.1. The molecule has 1 fully saturated rings. The topological polar surface area (TPSA) is 65.8 Å². The van der Waals surface area contributed by atoms with Crippen LogP contribution < -0.4 is 5.32 Å². The molecule has 4 rings (SSSR count). The third-order valence-electron chi connectivity index (χ3n) is 5.21. The zero-order valence-electron chi connectivity index (χ0n) is 16.9. The highest BCUT2D eigenvalue weighted by atomic mass is 32.1. The molecular formula is C24H23N3O3S. The van der Waals surface area contributed by atoms with Crippen LogP contribution in [0.1, 0.15) is 17.7 Å². The average molecular weight is 434 g/mol. The molecule has 158 valence electrons. The Hall–Kier alpha value is -3.45. The highest BCUT2D eigenvalue weighted by Crippen LogP contribution is 2.24. The fraction of sp³-hybridized carbons (Fsp3) is 0.208. The lowest BCUT2D eigenvalue weighted by Crippen LogP contribution is -2.37. The van der Waals surface area contributed by atoms with Crippen LogP contribution in [0, 0.1) is 0 Å². The van der Waals surface area contributed by atoms with E-state index in [-0.39, 0.29) is 18.2 Å². The van der Waals surface area contributed by atoms with Crippen LogP contribution in [0.15, 0.2) is 83.5 Å². The summed E-state index contributed by atoms with van der Waals surface area (Å²) in [5, 5.41) is 3.28. The third-order valence-corrected chi connectivity index (χ3v) is 5.67. The largest absolute Gasteiger partial charge is 0.467 e. The number of benzene rings is 2. The van der Waals surface area contributed by atoms with Crippen LogP contribution >= 0.6 is 12.2 Å². The molecule has 6 nitrogen and oxygen atoms in total. The molecule has 3 aromatic rings. The molecule has 1 atom stereocenters. The molecular weight excluding hydrogens is 410 g/mol. The van der Waals surface area contributed by atoms with Gasteiger partial charge in [0.25, 0.3) is 5.91 Å². The van der Waals surface area contributed by atoms with Crippen molar-refractivity contribution in [3.8, 4) is 0 Å². The number of nitrogens with zero attached hydrogens (tertiary/aromatic N) is 2. The van der Waals surface area contributed by atoms with Crippen LogP contribution in [0.2, 0.25) is 0 Å². The first-order valence-corrected chi connectivity index (χ1v) is 10.6. The van der Waals surface area contributed by atoms with E-state index in [1.54, 1.807) is 22.1 Å². The second kappa shape index (κ2) is 9.57. The zero-order valence-corrected chi connectivity index (χ0v) is 17.8. The lowest BCUT2D eigenvalue weighted by Gasteiger charge is -2.22. The number of anilines is 1. The molecule has 0 unspecified atom stereocenters. The number of nitrogens with one attached hydrogen (secondary N) is 1. The van der Waals surface area contributed by atoms with Gasteiger partial charge in [0, 0.05) is 12.2 Å². The summed E-state index contributed by atoms with van der Waals surface area (Å²) >= 11 is 5.64. The van der Waals surface area contributed by atoms with Gasteiger partial charge in [-0.25, -0.2) is 0 Å². The van der Waals surface area contributed by atoms with Gasteiger partial charge in [-0.15, -0.1) is 0 Å². The summed E-state index contributed by atoms with van der Waals surface area (Å²) in [6.45, 7) is 0.801. The molecule has 1 saturated heterocycles. The fourth-order valence-corrected chi connectivity index (χ4v) is 4.02. The molecule has 0 spiro atoms. The second-order valence-corrected chi connectivity index (χ2v) is 7.71. The number of hydrogen-bond acceptors (Lipinski definition) is 4. The molecule has 1 aromatic heterocycles. The third kappa shape index (κ3) is 5.00. The van der Waals surface area contributed by atoms with Crippen molar-refractivity contribution in [3.63, 3.8) is 0 Å². The predicted molar refractivity (Wildman–Crippen MR) is 122 cm³/mol. The lowest BCUT2D eigenvalue weighted by molar-refractivity contribution is -0.130. The van der Waals surface area contributed by atoms with Gasteiger partial charge in [-0.3, -0.25) is 14.5 Å². The van der Waals surface area contributed by atoms with E-state index in [4.69, 9.17) is 16.6 Å². The molecule has 2 amide bonds. The van der Waals surface area contributed by atoms with Crippen molar-refractivity contribution in [2.75, 3.05) is 11.9 Å². The van der Waals surface area contributed by atoms with Crippen molar-refractivity contribution in [1.29, 1.82) is 0 Å². The zero-order chi connectivity index (χ0) is 21.6. The first-order chi connectivity index (χ1) is 15.1. The number of carbonyl (C=O) groups is 2. The van der Waals surface area contributed by atoms with Gasteiger partial charge in [0.15, 0.2) is 5.11 Å². The Morgan fingerprint density at radius 3 is 2.39 bits per heavy atom. The predicted octanol–water partition coefficient (Wildman–Crippen LogP) is 3.85. The molecule has 0 radical (unpaired) electrons. The van der Waals surface area contributed by atoms with Crippen molar-refractivity contribution in [3.05, 3.63) is 90.4 Å². The maximum Gasteiger partial charge on any atom is 0.252 e. The van der Waals surface area contributed by atoms with Gasteiger partial charge in [-0.05, 0) is 48.5 Å². The Bertz CT molecular complexity index is 1040.